The van der Waals surface area contributed by atoms with Crippen molar-refractivity contribution in [1.29, 1.82) is 0 Å². The minimum Gasteiger partial charge on any atom is -0.478 e. The van der Waals surface area contributed by atoms with Gasteiger partial charge in [0.15, 0.2) is 0 Å². The molecule has 0 atom stereocenters. The highest BCUT2D eigenvalue weighted by Crippen LogP contribution is 2.13. The number of rotatable bonds is 3. The molecule has 0 aliphatic heterocycles. The maximum absolute atomic E-state index is 10.7. The molecule has 0 unspecified atom stereocenters. The van der Waals surface area contributed by atoms with Crippen molar-refractivity contribution in [2.24, 2.45) is 5.92 Å². The van der Waals surface area contributed by atoms with Gasteiger partial charge in [0.2, 0.25) is 0 Å². The summed E-state index contributed by atoms with van der Waals surface area (Å²) in [6.45, 7) is 6.11. The molecule has 3 nitrogen and oxygen atoms in total. The Bertz CT molecular complexity index is 350. The van der Waals surface area contributed by atoms with Crippen LogP contribution in [0.4, 0.5) is 0 Å². The van der Waals surface area contributed by atoms with E-state index >= 15 is 0 Å². The van der Waals surface area contributed by atoms with E-state index in [9.17, 15) is 4.79 Å². The van der Waals surface area contributed by atoms with Gasteiger partial charge in [-0.2, -0.15) is 0 Å². The third-order valence-electron chi connectivity index (χ3n) is 2.07. The van der Waals surface area contributed by atoms with Crippen LogP contribution in [-0.4, -0.2) is 16.1 Å². The summed E-state index contributed by atoms with van der Waals surface area (Å²) in [5.74, 6) is -0.401. The van der Waals surface area contributed by atoms with Gasteiger partial charge in [0.05, 0.1) is 5.56 Å². The van der Waals surface area contributed by atoms with E-state index in [-0.39, 0.29) is 18.0 Å². The van der Waals surface area contributed by atoms with E-state index in [1.807, 2.05) is 6.92 Å². The van der Waals surface area contributed by atoms with E-state index in [1.165, 1.54) is 6.20 Å². The topological polar surface area (TPSA) is 50.2 Å². The van der Waals surface area contributed by atoms with E-state index in [0.29, 0.717) is 5.92 Å². The van der Waals surface area contributed by atoms with Gasteiger partial charge < -0.3 is 5.11 Å². The molecule has 0 saturated carbocycles. The number of carboxylic acid groups (broad SMARTS) is 1. The molecular weight excluding hydrogens is 214 g/mol. The predicted molar refractivity (Wildman–Crippen MR) is 61.7 cm³/mol. The van der Waals surface area contributed by atoms with E-state index in [1.54, 1.807) is 6.07 Å². The van der Waals surface area contributed by atoms with Crippen LogP contribution < -0.4 is 0 Å². The predicted octanol–water partition coefficient (Wildman–Crippen LogP) is 2.71. The lowest BCUT2D eigenvalue weighted by Crippen LogP contribution is -2.04. The lowest BCUT2D eigenvalue weighted by Gasteiger charge is -2.08. The molecule has 1 rings (SSSR count). The number of aryl methyl sites for hydroxylation is 1. The maximum atomic E-state index is 10.7. The highest BCUT2D eigenvalue weighted by Gasteiger charge is 2.08. The minimum absolute atomic E-state index is 0. The van der Waals surface area contributed by atoms with E-state index in [2.05, 4.69) is 18.8 Å². The molecule has 0 spiro atoms. The quantitative estimate of drug-likeness (QED) is 0.867. The molecule has 1 heterocycles. The van der Waals surface area contributed by atoms with Gasteiger partial charge in [-0.3, -0.25) is 4.98 Å². The number of nitrogens with zero attached hydrogens (tertiary/aromatic N) is 1. The van der Waals surface area contributed by atoms with Gasteiger partial charge in [0.25, 0.3) is 0 Å². The smallest absolute Gasteiger partial charge is 0.337 e. The van der Waals surface area contributed by atoms with Crippen molar-refractivity contribution in [3.05, 3.63) is 29.1 Å². The number of carbonyl (C=O) groups is 1. The summed E-state index contributed by atoms with van der Waals surface area (Å²) in [6.07, 6.45) is 2.28. The number of carboxylic acids is 1. The van der Waals surface area contributed by atoms with Crippen LogP contribution >= 0.6 is 12.4 Å². The molecule has 15 heavy (non-hydrogen) atoms. The molecule has 84 valence electrons. The number of hydrogen-bond donors (Lipinski definition) is 1. The highest BCUT2D eigenvalue weighted by molar-refractivity contribution is 5.87. The van der Waals surface area contributed by atoms with Crippen LogP contribution in [-0.2, 0) is 6.42 Å². The Morgan fingerprint density at radius 3 is 2.60 bits per heavy atom. The molecule has 0 bridgehead atoms. The largest absolute Gasteiger partial charge is 0.478 e. The SMILES string of the molecule is Cc1ncc(C(=O)O)cc1CC(C)C.Cl. The standard InChI is InChI=1S/C11H15NO2.ClH/c1-7(2)4-9-5-10(11(13)14)6-12-8(9)3;/h5-7H,4H2,1-3H3,(H,13,14);1H. The first-order valence-corrected chi connectivity index (χ1v) is 4.69. The molecule has 1 aromatic heterocycles. The zero-order valence-electron chi connectivity index (χ0n) is 9.15. The molecule has 0 amide bonds. The van der Waals surface area contributed by atoms with Gasteiger partial charge in [0, 0.05) is 11.9 Å². The van der Waals surface area contributed by atoms with Crippen molar-refractivity contribution in [2.45, 2.75) is 27.2 Å². The Labute approximate surface area is 95.9 Å². The number of halogens is 1. The summed E-state index contributed by atoms with van der Waals surface area (Å²) >= 11 is 0. The van der Waals surface area contributed by atoms with Crippen molar-refractivity contribution in [3.8, 4) is 0 Å². The fourth-order valence-electron chi connectivity index (χ4n) is 1.34. The molecule has 0 saturated heterocycles. The van der Waals surface area contributed by atoms with Crippen LogP contribution in [0.15, 0.2) is 12.3 Å². The van der Waals surface area contributed by atoms with Gasteiger partial charge in [-0.05, 0) is 30.9 Å². The van der Waals surface area contributed by atoms with Crippen molar-refractivity contribution >= 4 is 18.4 Å². The Kier molecular flexibility index (Phi) is 5.29. The summed E-state index contributed by atoms with van der Waals surface area (Å²) in [4.78, 5) is 14.8. The monoisotopic (exact) mass is 229 g/mol. The normalized spacial score (nSPS) is 9.87. The summed E-state index contributed by atoms with van der Waals surface area (Å²) in [7, 11) is 0. The van der Waals surface area contributed by atoms with Gasteiger partial charge in [-0.25, -0.2) is 4.79 Å². The summed E-state index contributed by atoms with van der Waals surface area (Å²) in [5.41, 5.74) is 2.22. The van der Waals surface area contributed by atoms with Gasteiger partial charge in [-0.1, -0.05) is 13.8 Å². The van der Waals surface area contributed by atoms with E-state index in [0.717, 1.165) is 17.7 Å². The summed E-state index contributed by atoms with van der Waals surface area (Å²) < 4.78 is 0. The van der Waals surface area contributed by atoms with Crippen LogP contribution in [0.1, 0.15) is 35.5 Å². The van der Waals surface area contributed by atoms with Crippen molar-refractivity contribution in [1.82, 2.24) is 4.98 Å². The van der Waals surface area contributed by atoms with Crippen molar-refractivity contribution in [2.75, 3.05) is 0 Å². The molecule has 0 aliphatic carbocycles. The number of pyridine rings is 1. The molecule has 4 heteroatoms. The molecule has 0 aliphatic rings. The van der Waals surface area contributed by atoms with Gasteiger partial charge in [-0.15, -0.1) is 12.4 Å². The van der Waals surface area contributed by atoms with Crippen LogP contribution in [0.2, 0.25) is 0 Å². The maximum Gasteiger partial charge on any atom is 0.337 e. The first-order valence-electron chi connectivity index (χ1n) is 4.69. The summed E-state index contributed by atoms with van der Waals surface area (Å²) in [5, 5.41) is 8.79. The highest BCUT2D eigenvalue weighted by atomic mass is 35.5. The molecule has 1 aromatic rings. The minimum atomic E-state index is -0.914. The fraction of sp³-hybridized carbons (Fsp3) is 0.455. The fourth-order valence-corrected chi connectivity index (χ4v) is 1.34. The number of hydrogen-bond acceptors (Lipinski definition) is 2. The molecule has 0 aromatic carbocycles. The van der Waals surface area contributed by atoms with Gasteiger partial charge >= 0.3 is 5.97 Å². The Morgan fingerprint density at radius 1 is 1.53 bits per heavy atom. The second-order valence-corrected chi connectivity index (χ2v) is 3.87. The molecule has 0 fully saturated rings. The molecule has 0 radical (unpaired) electrons. The third kappa shape index (κ3) is 3.88. The number of aromatic carboxylic acids is 1. The zero-order valence-corrected chi connectivity index (χ0v) is 9.97. The Balaban J connectivity index is 0.00000196. The first kappa shape index (κ1) is 13.9. The number of aromatic nitrogens is 1. The molecule has 1 N–H and O–H groups in total. The average molecular weight is 230 g/mol. The Morgan fingerprint density at radius 2 is 2.13 bits per heavy atom. The van der Waals surface area contributed by atoms with Crippen LogP contribution in [0.5, 0.6) is 0 Å². The zero-order chi connectivity index (χ0) is 10.7. The third-order valence-corrected chi connectivity index (χ3v) is 2.07. The first-order chi connectivity index (χ1) is 6.50. The van der Waals surface area contributed by atoms with E-state index < -0.39 is 5.97 Å². The van der Waals surface area contributed by atoms with Crippen LogP contribution in [0, 0.1) is 12.8 Å². The average Bonchev–Trinajstić information content (AvgIpc) is 2.07. The lowest BCUT2D eigenvalue weighted by atomic mass is 10.0. The van der Waals surface area contributed by atoms with Gasteiger partial charge in [0.1, 0.15) is 0 Å². The van der Waals surface area contributed by atoms with Crippen molar-refractivity contribution < 1.29 is 9.90 Å². The second-order valence-electron chi connectivity index (χ2n) is 3.87. The Hall–Kier alpha value is -1.09. The lowest BCUT2D eigenvalue weighted by molar-refractivity contribution is 0.0696. The van der Waals surface area contributed by atoms with Crippen LogP contribution in [0.25, 0.3) is 0 Å². The molecular formula is C11H16ClNO2. The van der Waals surface area contributed by atoms with Crippen LogP contribution in [0.3, 0.4) is 0 Å². The summed E-state index contributed by atoms with van der Waals surface area (Å²) in [6, 6.07) is 1.71. The van der Waals surface area contributed by atoms with Crippen molar-refractivity contribution in [3.63, 3.8) is 0 Å². The van der Waals surface area contributed by atoms with E-state index in [4.69, 9.17) is 5.11 Å². The second kappa shape index (κ2) is 5.71.